The van der Waals surface area contributed by atoms with E-state index < -0.39 is 23.5 Å². The summed E-state index contributed by atoms with van der Waals surface area (Å²) in [7, 11) is 0. The Morgan fingerprint density at radius 1 is 0.632 bits per heavy atom. The molecule has 6 heteroatoms. The van der Waals surface area contributed by atoms with Crippen molar-refractivity contribution in [3.05, 3.63) is 144 Å². The van der Waals surface area contributed by atoms with Crippen molar-refractivity contribution in [2.24, 2.45) is 5.92 Å². The van der Waals surface area contributed by atoms with Crippen LogP contribution in [0.15, 0.2) is 121 Å². The van der Waals surface area contributed by atoms with E-state index in [2.05, 4.69) is 60.7 Å². The van der Waals surface area contributed by atoms with E-state index >= 15 is 0 Å². The van der Waals surface area contributed by atoms with E-state index in [4.69, 9.17) is 0 Å². The topological polar surface area (TPSA) is 100 Å². The maximum absolute atomic E-state index is 11.5. The predicted octanol–water partition coefficient (Wildman–Crippen LogP) is 2.41. The first kappa shape index (κ1) is 29.1. The number of hydrogen-bond acceptors (Lipinski definition) is 5. The van der Waals surface area contributed by atoms with Crippen LogP contribution in [0.2, 0.25) is 0 Å². The number of rotatable bonds is 11. The van der Waals surface area contributed by atoms with E-state index in [1.54, 1.807) is 60.7 Å². The molecular weight excluding hydrogens is 583 g/mol. The van der Waals surface area contributed by atoms with Gasteiger partial charge in [-0.2, -0.15) is 0 Å². The molecule has 0 heterocycles. The zero-order chi connectivity index (χ0) is 27.2. The second kappa shape index (κ2) is 15.1. The maximum atomic E-state index is 11.5. The Bertz CT molecular complexity index is 1210. The van der Waals surface area contributed by atoms with Gasteiger partial charge in [0, 0.05) is 18.3 Å². The van der Waals surface area contributed by atoms with Crippen molar-refractivity contribution < 1.29 is 24.9 Å². The summed E-state index contributed by atoms with van der Waals surface area (Å²) in [5, 5.41) is 33.5. The molecule has 0 radical (unpaired) electrons. The van der Waals surface area contributed by atoms with Gasteiger partial charge >= 0.3 is 102 Å². The van der Waals surface area contributed by atoms with Crippen molar-refractivity contribution in [1.82, 2.24) is 0 Å². The molecule has 4 aromatic rings. The zero-order valence-corrected chi connectivity index (χ0v) is 23.9. The molecule has 0 aliphatic heterocycles. The number of benzene rings is 4. The van der Waals surface area contributed by atoms with Crippen molar-refractivity contribution in [3.63, 3.8) is 0 Å². The van der Waals surface area contributed by atoms with Gasteiger partial charge in [0.25, 0.3) is 0 Å². The first-order chi connectivity index (χ1) is 18.4. The van der Waals surface area contributed by atoms with E-state index in [0.717, 1.165) is 0 Å². The zero-order valence-electron chi connectivity index (χ0n) is 21.0. The fourth-order valence-electron chi connectivity index (χ4n) is 4.08. The summed E-state index contributed by atoms with van der Waals surface area (Å²) in [6.07, 6.45) is -0.540. The molecule has 0 aromatic heterocycles. The fraction of sp³-hybridized carbons (Fsp3) is 0.188. The second-order valence-electron chi connectivity index (χ2n) is 9.01. The molecule has 4 aromatic carbocycles. The summed E-state index contributed by atoms with van der Waals surface area (Å²) < 4.78 is 2.69. The number of hydrogen-bond donors (Lipinski definition) is 1. The van der Waals surface area contributed by atoms with E-state index in [1.165, 1.54) is 20.0 Å². The van der Waals surface area contributed by atoms with E-state index in [9.17, 15) is 24.9 Å². The molecule has 0 fully saturated rings. The van der Waals surface area contributed by atoms with Crippen molar-refractivity contribution in [2.75, 3.05) is 0 Å². The third-order valence-electron chi connectivity index (χ3n) is 6.16. The Hall–Kier alpha value is -3.42. The monoisotopic (exact) mass is 614 g/mol. The molecule has 0 spiro atoms. The summed E-state index contributed by atoms with van der Waals surface area (Å²) in [5.74, 6) is -5.09. The van der Waals surface area contributed by atoms with Crippen LogP contribution in [0, 0.1) is 5.92 Å². The molecule has 38 heavy (non-hydrogen) atoms. The number of carboxylic acid groups (broad SMARTS) is 2. The molecule has 0 amide bonds. The van der Waals surface area contributed by atoms with Gasteiger partial charge in [-0.25, -0.2) is 0 Å². The fourth-order valence-corrected chi connectivity index (χ4v) is 7.43. The van der Waals surface area contributed by atoms with Crippen LogP contribution in [0.25, 0.3) is 0 Å². The molecule has 0 saturated carbocycles. The minimum atomic E-state index is -2.56. The predicted molar refractivity (Wildman–Crippen MR) is 145 cm³/mol. The third-order valence-corrected chi connectivity index (χ3v) is 9.91. The Balaban J connectivity index is 0.000000230. The molecule has 192 valence electrons. The van der Waals surface area contributed by atoms with Crippen LogP contribution in [0.5, 0.6) is 0 Å². The molecule has 0 bridgehead atoms. The molecule has 5 nitrogen and oxygen atoms in total. The quantitative estimate of drug-likeness (QED) is 0.262. The Morgan fingerprint density at radius 3 is 1.37 bits per heavy atom. The van der Waals surface area contributed by atoms with Gasteiger partial charge in [-0.3, -0.25) is 0 Å². The van der Waals surface area contributed by atoms with Crippen LogP contribution < -0.4 is 10.2 Å². The second-order valence-corrected chi connectivity index (χ2v) is 12.5. The van der Waals surface area contributed by atoms with Gasteiger partial charge in [0.15, 0.2) is 0 Å². The average Bonchev–Trinajstić information content (AvgIpc) is 2.94. The van der Waals surface area contributed by atoms with Crippen molar-refractivity contribution in [2.45, 2.75) is 27.3 Å². The molecule has 2 atom stereocenters. The van der Waals surface area contributed by atoms with Gasteiger partial charge in [-0.05, 0) is 17.5 Å². The SMILES string of the molecule is O=C([O-])C(Cc1ccccc1)C(O)(Cc1ccccc1)C(=O)[O-].c1ccc([CH2][Sn+2][CH2]c2ccccc2)cc1. The van der Waals surface area contributed by atoms with Crippen LogP contribution in [0.1, 0.15) is 22.3 Å². The number of aliphatic hydroxyl groups is 1. The minimum absolute atomic E-state index is 0.166. The normalized spacial score (nSPS) is 12.7. The van der Waals surface area contributed by atoms with Crippen LogP contribution in [0.4, 0.5) is 0 Å². The average molecular weight is 613 g/mol. The van der Waals surface area contributed by atoms with Crippen LogP contribution >= 0.6 is 0 Å². The molecule has 0 aliphatic rings. The number of carboxylic acids is 2. The van der Waals surface area contributed by atoms with Crippen molar-refractivity contribution >= 4 is 33.1 Å². The number of carbonyl (C=O) groups is 2. The summed E-state index contributed by atoms with van der Waals surface area (Å²) in [4.78, 5) is 23.0. The Kier molecular flexibility index (Phi) is 11.6. The Morgan fingerprint density at radius 2 is 1.00 bits per heavy atom. The summed E-state index contributed by atoms with van der Waals surface area (Å²) in [6.45, 7) is 0. The van der Waals surface area contributed by atoms with Crippen molar-refractivity contribution in [3.8, 4) is 0 Å². The van der Waals surface area contributed by atoms with Gasteiger partial charge < -0.3 is 24.9 Å². The first-order valence-corrected chi connectivity index (χ1v) is 16.4. The van der Waals surface area contributed by atoms with E-state index in [0.29, 0.717) is 11.1 Å². The van der Waals surface area contributed by atoms with Gasteiger partial charge in [0.1, 0.15) is 5.60 Å². The van der Waals surface area contributed by atoms with Gasteiger partial charge in [0.05, 0.1) is 5.97 Å². The van der Waals surface area contributed by atoms with E-state index in [1.807, 2.05) is 0 Å². The van der Waals surface area contributed by atoms with Crippen LogP contribution in [-0.4, -0.2) is 43.8 Å². The summed E-state index contributed by atoms with van der Waals surface area (Å²) >= 11 is -0.258. The van der Waals surface area contributed by atoms with Crippen LogP contribution in [0.3, 0.4) is 0 Å². The number of carbonyl (C=O) groups excluding carboxylic acids is 2. The molecule has 0 aliphatic carbocycles. The first-order valence-electron chi connectivity index (χ1n) is 12.4. The molecular formula is C32H30O5Sn. The Labute approximate surface area is 234 Å². The van der Waals surface area contributed by atoms with Gasteiger partial charge in [0.2, 0.25) is 0 Å². The molecule has 4 rings (SSSR count). The van der Waals surface area contributed by atoms with Crippen LogP contribution in [-0.2, 0) is 31.3 Å². The number of aliphatic carboxylic acids is 2. The van der Waals surface area contributed by atoms with E-state index in [-0.39, 0.29) is 34.0 Å². The molecule has 1 N–H and O–H groups in total. The van der Waals surface area contributed by atoms with Gasteiger partial charge in [-0.1, -0.05) is 60.7 Å². The molecule has 0 saturated heterocycles. The standard InChI is InChI=1S/C18H18O5.2C7H7.Sn/c19-16(20)15(11-13-7-3-1-4-8-13)18(23,17(21)22)12-14-9-5-2-6-10-14;2*1-7-5-3-2-4-6-7;/h1-10,15,23H,11-12H2,(H,19,20)(H,21,22);2*2-6H,1H2;/q;;;+2/p-2. The van der Waals surface area contributed by atoms with Crippen molar-refractivity contribution in [1.29, 1.82) is 0 Å². The summed E-state index contributed by atoms with van der Waals surface area (Å²) in [5.41, 5.74) is 1.56. The van der Waals surface area contributed by atoms with Gasteiger partial charge in [-0.15, -0.1) is 0 Å². The molecule has 2 unspecified atom stereocenters. The summed E-state index contributed by atoms with van der Waals surface area (Å²) in [6, 6.07) is 38.5. The third kappa shape index (κ3) is 9.15.